The Bertz CT molecular complexity index is 2300. The van der Waals surface area contributed by atoms with Gasteiger partial charge in [0.15, 0.2) is 17.4 Å². The van der Waals surface area contributed by atoms with Crippen LogP contribution in [0.5, 0.6) is 11.6 Å². The van der Waals surface area contributed by atoms with Gasteiger partial charge in [-0.1, -0.05) is 41.9 Å². The second-order valence-corrected chi connectivity index (χ2v) is 21.1. The molecular weight excluding hydrogens is 822 g/mol. The van der Waals surface area contributed by atoms with Crippen molar-refractivity contribution >= 4 is 64.9 Å². The van der Waals surface area contributed by atoms with Crippen molar-refractivity contribution in [3.05, 3.63) is 83.1 Å². The summed E-state index contributed by atoms with van der Waals surface area (Å²) in [5.74, 6) is 2.09. The molecule has 62 heavy (non-hydrogen) atoms. The summed E-state index contributed by atoms with van der Waals surface area (Å²) < 4.78 is 22.7. The second kappa shape index (κ2) is 16.3. The monoisotopic (exact) mass is 879 g/mol. The molecular formula is C44H57B3ClN7O6S. The normalized spacial score (nSPS) is 20.4. The minimum Gasteiger partial charge on any atom is -0.487 e. The van der Waals surface area contributed by atoms with E-state index in [0.29, 0.717) is 64.7 Å². The van der Waals surface area contributed by atoms with E-state index in [9.17, 15) is 14.7 Å². The standard InChI is InChI=1S/C44H57B3ClN7O6S/c1-39(2,3)61-38(57)54-25-28(24-40(54,4)5)12-9-22-49-35-30(59-26-27-10-7-6-8-11-27)14-16-33(51-35)62-53-36(56)29-13-15-31(50-34(29)48)55-23-17-32(52-55)60-44(46,47)43(45,58)37-41(18-19-41)42(37)20-21-42/h6-8,10-11,13-17,23,28,37,58H,9,12,18-22,24-26,45-47H2,1-5H3,(H,49,51)(H,53,56). The van der Waals surface area contributed by atoms with Crippen LogP contribution in [0.15, 0.2) is 71.9 Å². The number of aliphatic hydroxyl groups is 1. The van der Waals surface area contributed by atoms with E-state index in [1.165, 1.54) is 30.4 Å². The van der Waals surface area contributed by atoms with Crippen molar-refractivity contribution in [1.82, 2.24) is 29.4 Å². The van der Waals surface area contributed by atoms with Gasteiger partial charge in [0.05, 0.1) is 16.5 Å². The topological polar surface area (TPSA) is 153 Å². The summed E-state index contributed by atoms with van der Waals surface area (Å²) in [4.78, 5) is 37.5. The van der Waals surface area contributed by atoms with Gasteiger partial charge in [-0.15, -0.1) is 5.10 Å². The lowest BCUT2D eigenvalue weighted by Gasteiger charge is -2.41. The first-order valence-corrected chi connectivity index (χ1v) is 23.0. The van der Waals surface area contributed by atoms with Gasteiger partial charge in [0, 0.05) is 42.8 Å². The van der Waals surface area contributed by atoms with Crippen molar-refractivity contribution in [3.8, 4) is 17.4 Å². The highest BCUT2D eigenvalue weighted by Gasteiger charge is 2.90. The van der Waals surface area contributed by atoms with E-state index in [4.69, 9.17) is 30.8 Å². The van der Waals surface area contributed by atoms with Gasteiger partial charge in [-0.05, 0) is 132 Å². The van der Waals surface area contributed by atoms with Crippen molar-refractivity contribution in [2.24, 2.45) is 22.7 Å². The van der Waals surface area contributed by atoms with Gasteiger partial charge in [-0.25, -0.2) is 19.4 Å². The number of anilines is 1. The average molecular weight is 880 g/mol. The van der Waals surface area contributed by atoms with Gasteiger partial charge in [0.2, 0.25) is 5.88 Å². The number of ether oxygens (including phenoxy) is 3. The van der Waals surface area contributed by atoms with E-state index in [2.05, 4.69) is 34.0 Å². The average Bonchev–Trinajstić information content (AvgIpc) is 4.16. The summed E-state index contributed by atoms with van der Waals surface area (Å²) in [5.41, 5.74) is 0.00798. The van der Waals surface area contributed by atoms with Crippen LogP contribution in [-0.4, -0.2) is 100 Å². The quantitative estimate of drug-likeness (QED) is 0.0577. The Balaban J connectivity index is 0.872. The van der Waals surface area contributed by atoms with Crippen LogP contribution in [-0.2, 0) is 11.3 Å². The zero-order valence-corrected chi connectivity index (χ0v) is 38.7. The Morgan fingerprint density at radius 2 is 1.69 bits per heavy atom. The smallest absolute Gasteiger partial charge is 0.410 e. The number of rotatable bonds is 16. The predicted octanol–water partition coefficient (Wildman–Crippen LogP) is 5.37. The van der Waals surface area contributed by atoms with Gasteiger partial charge in [0.25, 0.3) is 5.91 Å². The lowest BCUT2D eigenvalue weighted by Crippen LogP contribution is -2.62. The minimum absolute atomic E-state index is 0.0138. The summed E-state index contributed by atoms with van der Waals surface area (Å²) in [7, 11) is 5.78. The summed E-state index contributed by atoms with van der Waals surface area (Å²) in [6, 6.07) is 18.6. The molecule has 18 heteroatoms. The van der Waals surface area contributed by atoms with Crippen LogP contribution >= 0.6 is 23.5 Å². The molecule has 3 N–H and O–H groups in total. The Morgan fingerprint density at radius 1 is 0.984 bits per heavy atom. The number of nitrogens with one attached hydrogen (secondary N) is 2. The highest BCUT2D eigenvalue weighted by atomic mass is 35.5. The molecule has 2 spiro atoms. The molecule has 1 aromatic carbocycles. The molecule has 4 aromatic rings. The summed E-state index contributed by atoms with van der Waals surface area (Å²) >= 11 is 7.66. The van der Waals surface area contributed by atoms with Gasteiger partial charge >= 0.3 is 6.09 Å². The van der Waals surface area contributed by atoms with Crippen LogP contribution in [0.4, 0.5) is 10.6 Å². The molecule has 326 valence electrons. The number of aromatic nitrogens is 4. The molecule has 4 aliphatic rings. The molecule has 13 nitrogen and oxygen atoms in total. The number of fused-ring (bicyclic) bond motifs is 1. The van der Waals surface area contributed by atoms with E-state index in [1.54, 1.807) is 30.5 Å². The fraction of sp³-hybridized carbons (Fsp3) is 0.523. The molecule has 2 atom stereocenters. The number of carbonyl (C=O) groups excluding carboxylic acids is 2. The number of benzene rings is 1. The molecule has 3 aliphatic carbocycles. The molecule has 4 fully saturated rings. The molecule has 1 saturated heterocycles. The third-order valence-electron chi connectivity index (χ3n) is 13.6. The second-order valence-electron chi connectivity index (χ2n) is 20.0. The molecule has 0 bridgehead atoms. The third kappa shape index (κ3) is 8.91. The maximum absolute atomic E-state index is 13.4. The molecule has 2 amide bonds. The van der Waals surface area contributed by atoms with Gasteiger partial charge in [-0.3, -0.25) is 9.52 Å². The van der Waals surface area contributed by atoms with Crippen LogP contribution in [0.2, 0.25) is 5.15 Å². The van der Waals surface area contributed by atoms with Crippen molar-refractivity contribution in [2.75, 3.05) is 18.4 Å². The van der Waals surface area contributed by atoms with Crippen LogP contribution in [0.3, 0.4) is 0 Å². The van der Waals surface area contributed by atoms with Gasteiger partial charge < -0.3 is 29.5 Å². The molecule has 3 aromatic heterocycles. The van der Waals surface area contributed by atoms with Crippen molar-refractivity contribution in [1.29, 1.82) is 0 Å². The molecule has 1 aliphatic heterocycles. The highest BCUT2D eigenvalue weighted by Crippen LogP contribution is 2.94. The first-order valence-electron chi connectivity index (χ1n) is 21.8. The number of likely N-dealkylation sites (tertiary alicyclic amines) is 1. The number of hydrogen-bond donors (Lipinski definition) is 3. The maximum atomic E-state index is 13.4. The van der Waals surface area contributed by atoms with Crippen LogP contribution in [0.25, 0.3) is 5.82 Å². The number of carbonyl (C=O) groups is 2. The van der Waals surface area contributed by atoms with E-state index in [-0.39, 0.29) is 28.3 Å². The number of nitrogens with zero attached hydrogens (tertiary/aromatic N) is 5. The Kier molecular flexibility index (Phi) is 11.7. The highest BCUT2D eigenvalue weighted by molar-refractivity contribution is 7.97. The fourth-order valence-corrected chi connectivity index (χ4v) is 10.8. The van der Waals surface area contributed by atoms with E-state index >= 15 is 0 Å². The lowest BCUT2D eigenvalue weighted by molar-refractivity contribution is -0.00719. The summed E-state index contributed by atoms with van der Waals surface area (Å²) in [6.07, 6.45) is 8.93. The Hall–Kier alpha value is -4.34. The number of pyridine rings is 2. The molecule has 8 rings (SSSR count). The first kappa shape index (κ1) is 44.3. The zero-order chi connectivity index (χ0) is 44.3. The predicted molar refractivity (Wildman–Crippen MR) is 248 cm³/mol. The van der Waals surface area contributed by atoms with Gasteiger partial charge in [-0.2, -0.15) is 0 Å². The van der Waals surface area contributed by atoms with Crippen molar-refractivity contribution in [2.45, 2.75) is 113 Å². The van der Waals surface area contributed by atoms with E-state index in [1.807, 2.05) is 85.6 Å². The minimum atomic E-state index is -1.01. The molecule has 0 radical (unpaired) electrons. The van der Waals surface area contributed by atoms with Crippen LogP contribution < -0.4 is 19.5 Å². The van der Waals surface area contributed by atoms with Crippen molar-refractivity contribution < 1.29 is 28.9 Å². The number of halogens is 1. The molecule has 2 unspecified atom stereocenters. The zero-order valence-electron chi connectivity index (χ0n) is 37.1. The van der Waals surface area contributed by atoms with E-state index < -0.39 is 22.4 Å². The first-order chi connectivity index (χ1) is 29.2. The molecule has 4 heterocycles. The largest absolute Gasteiger partial charge is 0.487 e. The number of hydrogen-bond acceptors (Lipinski definition) is 11. The fourth-order valence-electron chi connectivity index (χ4n) is 10.0. The van der Waals surface area contributed by atoms with Gasteiger partial charge in [0.1, 0.15) is 45.9 Å². The third-order valence-corrected chi connectivity index (χ3v) is 14.6. The lowest BCUT2D eigenvalue weighted by atomic mass is 9.47. The van der Waals surface area contributed by atoms with Crippen LogP contribution in [0, 0.1) is 22.7 Å². The van der Waals surface area contributed by atoms with Crippen LogP contribution in [0.1, 0.15) is 95.5 Å². The van der Waals surface area contributed by atoms with E-state index in [0.717, 1.165) is 36.8 Å². The molecule has 3 saturated carbocycles. The van der Waals surface area contributed by atoms with Crippen molar-refractivity contribution in [3.63, 3.8) is 0 Å². The Labute approximate surface area is 376 Å². The maximum Gasteiger partial charge on any atom is 0.410 e. The summed E-state index contributed by atoms with van der Waals surface area (Å²) in [6.45, 7) is 11.5. The SMILES string of the molecule is BC(B)(Oc1ccn(-c2ccc(C(=O)NSc3ccc(OCc4ccccc4)c(NCCCC4CN(C(=O)OC(C)(C)C)C(C)(C)C4)n3)c(Cl)n2)n1)C(B)(O)C1C2(CC2)C12CC2. The number of amides is 2. The Morgan fingerprint density at radius 3 is 2.35 bits per heavy atom. The summed E-state index contributed by atoms with van der Waals surface area (Å²) in [5, 5.41) is 19.6.